The van der Waals surface area contributed by atoms with Crippen LogP contribution in [-0.4, -0.2) is 31.8 Å². The number of hydrogen-bond acceptors (Lipinski definition) is 5. The van der Waals surface area contributed by atoms with E-state index >= 15 is 0 Å². The zero-order valence-electron chi connectivity index (χ0n) is 14.1. The first-order chi connectivity index (χ1) is 11.6. The van der Waals surface area contributed by atoms with Gasteiger partial charge >= 0.3 is 0 Å². The van der Waals surface area contributed by atoms with Crippen LogP contribution < -0.4 is 20.1 Å². The standard InChI is InChI=1S/C18H22N2O4/c1-4-19-15-9-12(5-6-13(15)11-21)18(22)20-14-7-8-16(23-2)17(10-14)24-3/h5-10,19,21H,4,11H2,1-3H3,(H,20,22). The number of rotatable bonds is 7. The van der Waals surface area contributed by atoms with Gasteiger partial charge in [-0.2, -0.15) is 0 Å². The molecule has 0 aliphatic heterocycles. The Morgan fingerprint density at radius 3 is 2.46 bits per heavy atom. The lowest BCUT2D eigenvalue weighted by Crippen LogP contribution is -2.13. The minimum atomic E-state index is -0.245. The van der Waals surface area contributed by atoms with Crippen molar-refractivity contribution in [3.63, 3.8) is 0 Å². The minimum Gasteiger partial charge on any atom is -0.493 e. The molecule has 0 aliphatic carbocycles. The number of hydrogen-bond donors (Lipinski definition) is 3. The second-order valence-electron chi connectivity index (χ2n) is 5.08. The molecule has 128 valence electrons. The van der Waals surface area contributed by atoms with E-state index in [0.717, 1.165) is 11.3 Å². The molecule has 24 heavy (non-hydrogen) atoms. The van der Waals surface area contributed by atoms with Crippen LogP contribution in [0.25, 0.3) is 0 Å². The Labute approximate surface area is 141 Å². The Kier molecular flexibility index (Phi) is 6.03. The summed E-state index contributed by atoms with van der Waals surface area (Å²) in [5.41, 5.74) is 2.60. The first kappa shape index (κ1) is 17.6. The molecule has 2 rings (SSSR count). The number of carbonyl (C=O) groups is 1. The van der Waals surface area contributed by atoms with Gasteiger partial charge in [0.15, 0.2) is 11.5 Å². The normalized spacial score (nSPS) is 10.2. The Balaban J connectivity index is 2.22. The molecule has 0 radical (unpaired) electrons. The molecule has 0 bridgehead atoms. The van der Waals surface area contributed by atoms with Gasteiger partial charge in [0.25, 0.3) is 5.91 Å². The predicted molar refractivity (Wildman–Crippen MR) is 94.0 cm³/mol. The Bertz CT molecular complexity index is 716. The third-order valence-electron chi connectivity index (χ3n) is 3.55. The molecule has 6 nitrogen and oxygen atoms in total. The number of carbonyl (C=O) groups excluding carboxylic acids is 1. The van der Waals surface area contributed by atoms with Gasteiger partial charge in [0, 0.05) is 35.1 Å². The number of aliphatic hydroxyl groups excluding tert-OH is 1. The first-order valence-electron chi connectivity index (χ1n) is 7.64. The lowest BCUT2D eigenvalue weighted by molar-refractivity contribution is 0.102. The van der Waals surface area contributed by atoms with Crippen LogP contribution in [-0.2, 0) is 6.61 Å². The molecule has 0 atom stereocenters. The molecule has 6 heteroatoms. The van der Waals surface area contributed by atoms with Crippen LogP contribution in [0, 0.1) is 0 Å². The maximum atomic E-state index is 12.5. The van der Waals surface area contributed by atoms with Crippen molar-refractivity contribution in [2.24, 2.45) is 0 Å². The van der Waals surface area contributed by atoms with E-state index in [9.17, 15) is 9.90 Å². The highest BCUT2D eigenvalue weighted by Crippen LogP contribution is 2.30. The van der Waals surface area contributed by atoms with Gasteiger partial charge in [-0.3, -0.25) is 4.79 Å². The summed E-state index contributed by atoms with van der Waals surface area (Å²) in [7, 11) is 3.10. The Hall–Kier alpha value is -2.73. The zero-order valence-corrected chi connectivity index (χ0v) is 14.1. The predicted octanol–water partition coefficient (Wildman–Crippen LogP) is 2.88. The quantitative estimate of drug-likeness (QED) is 0.727. The summed E-state index contributed by atoms with van der Waals surface area (Å²) in [6.07, 6.45) is 0. The molecule has 0 saturated heterocycles. The summed E-state index contributed by atoms with van der Waals surface area (Å²) in [5, 5.41) is 15.3. The Morgan fingerprint density at radius 2 is 1.83 bits per heavy atom. The first-order valence-corrected chi connectivity index (χ1v) is 7.64. The van der Waals surface area contributed by atoms with Crippen LogP contribution >= 0.6 is 0 Å². The van der Waals surface area contributed by atoms with Crippen molar-refractivity contribution >= 4 is 17.3 Å². The van der Waals surface area contributed by atoms with Crippen LogP contribution in [0.1, 0.15) is 22.8 Å². The number of nitrogens with one attached hydrogen (secondary N) is 2. The highest BCUT2D eigenvalue weighted by molar-refractivity contribution is 6.05. The van der Waals surface area contributed by atoms with Crippen molar-refractivity contribution < 1.29 is 19.4 Å². The van der Waals surface area contributed by atoms with E-state index in [1.54, 1.807) is 50.6 Å². The molecule has 1 amide bonds. The smallest absolute Gasteiger partial charge is 0.255 e. The van der Waals surface area contributed by atoms with Crippen LogP contribution in [0.2, 0.25) is 0 Å². The lowest BCUT2D eigenvalue weighted by atomic mass is 10.1. The summed E-state index contributed by atoms with van der Waals surface area (Å²) in [4.78, 5) is 12.5. The van der Waals surface area contributed by atoms with E-state index < -0.39 is 0 Å². The van der Waals surface area contributed by atoms with E-state index in [4.69, 9.17) is 9.47 Å². The van der Waals surface area contributed by atoms with Crippen LogP contribution in [0.15, 0.2) is 36.4 Å². The molecule has 0 saturated carbocycles. The van der Waals surface area contributed by atoms with Gasteiger partial charge in [0.05, 0.1) is 20.8 Å². The van der Waals surface area contributed by atoms with Crippen molar-refractivity contribution in [2.45, 2.75) is 13.5 Å². The maximum Gasteiger partial charge on any atom is 0.255 e. The van der Waals surface area contributed by atoms with Gasteiger partial charge in [-0.05, 0) is 31.2 Å². The lowest BCUT2D eigenvalue weighted by Gasteiger charge is -2.13. The summed E-state index contributed by atoms with van der Waals surface area (Å²) in [6.45, 7) is 2.57. The number of methoxy groups -OCH3 is 2. The average molecular weight is 330 g/mol. The van der Waals surface area contributed by atoms with E-state index in [0.29, 0.717) is 29.3 Å². The van der Waals surface area contributed by atoms with Crippen LogP contribution in [0.3, 0.4) is 0 Å². The van der Waals surface area contributed by atoms with Crippen molar-refractivity contribution in [2.75, 3.05) is 31.4 Å². The molecular formula is C18H22N2O4. The maximum absolute atomic E-state index is 12.5. The second kappa shape index (κ2) is 8.21. The van der Waals surface area contributed by atoms with Gasteiger partial charge in [0.1, 0.15) is 0 Å². The second-order valence-corrected chi connectivity index (χ2v) is 5.08. The number of amides is 1. The summed E-state index contributed by atoms with van der Waals surface area (Å²) < 4.78 is 10.4. The van der Waals surface area contributed by atoms with Gasteiger partial charge < -0.3 is 25.2 Å². The number of anilines is 2. The van der Waals surface area contributed by atoms with Gasteiger partial charge in [-0.15, -0.1) is 0 Å². The van der Waals surface area contributed by atoms with E-state index in [1.165, 1.54) is 0 Å². The van der Waals surface area contributed by atoms with Gasteiger partial charge in [-0.1, -0.05) is 6.07 Å². The molecule has 0 aromatic heterocycles. The van der Waals surface area contributed by atoms with Crippen molar-refractivity contribution in [1.82, 2.24) is 0 Å². The zero-order chi connectivity index (χ0) is 17.5. The summed E-state index contributed by atoms with van der Waals surface area (Å²) in [6, 6.07) is 10.3. The third kappa shape index (κ3) is 3.97. The van der Waals surface area contributed by atoms with Gasteiger partial charge in [-0.25, -0.2) is 0 Å². The van der Waals surface area contributed by atoms with Crippen LogP contribution in [0.5, 0.6) is 11.5 Å². The average Bonchev–Trinajstić information content (AvgIpc) is 2.61. The summed E-state index contributed by atoms with van der Waals surface area (Å²) >= 11 is 0. The third-order valence-corrected chi connectivity index (χ3v) is 3.55. The molecule has 0 fully saturated rings. The van der Waals surface area contributed by atoms with E-state index in [2.05, 4.69) is 10.6 Å². The number of ether oxygens (including phenoxy) is 2. The largest absolute Gasteiger partial charge is 0.493 e. The molecule has 3 N–H and O–H groups in total. The highest BCUT2D eigenvalue weighted by Gasteiger charge is 2.11. The minimum absolute atomic E-state index is 0.0834. The molecule has 0 spiro atoms. The topological polar surface area (TPSA) is 79.8 Å². The molecule has 2 aromatic carbocycles. The number of benzene rings is 2. The molecule has 0 aliphatic rings. The summed E-state index contributed by atoms with van der Waals surface area (Å²) in [5.74, 6) is 0.891. The van der Waals surface area contributed by atoms with Crippen LogP contribution in [0.4, 0.5) is 11.4 Å². The fraction of sp³-hybridized carbons (Fsp3) is 0.278. The van der Waals surface area contributed by atoms with E-state index in [-0.39, 0.29) is 12.5 Å². The van der Waals surface area contributed by atoms with Crippen molar-refractivity contribution in [3.8, 4) is 11.5 Å². The molecule has 0 unspecified atom stereocenters. The van der Waals surface area contributed by atoms with Gasteiger partial charge in [0.2, 0.25) is 0 Å². The monoisotopic (exact) mass is 330 g/mol. The fourth-order valence-corrected chi connectivity index (χ4v) is 2.33. The van der Waals surface area contributed by atoms with Crippen molar-refractivity contribution in [3.05, 3.63) is 47.5 Å². The molecular weight excluding hydrogens is 308 g/mol. The Morgan fingerprint density at radius 1 is 1.08 bits per heavy atom. The number of aliphatic hydroxyl groups is 1. The highest BCUT2D eigenvalue weighted by atomic mass is 16.5. The molecule has 0 heterocycles. The van der Waals surface area contributed by atoms with E-state index in [1.807, 2.05) is 6.92 Å². The molecule has 2 aromatic rings. The fourth-order valence-electron chi connectivity index (χ4n) is 2.33. The SMILES string of the molecule is CCNc1cc(C(=O)Nc2ccc(OC)c(OC)c2)ccc1CO. The van der Waals surface area contributed by atoms with Crippen molar-refractivity contribution in [1.29, 1.82) is 0 Å².